The van der Waals surface area contributed by atoms with Crippen LogP contribution in [0.25, 0.3) is 10.9 Å². The molecule has 7 heteroatoms. The topological polar surface area (TPSA) is 102 Å². The number of para-hydroxylation sites is 1. The first-order valence-electron chi connectivity index (χ1n) is 5.98. The van der Waals surface area contributed by atoms with Crippen LogP contribution in [0.5, 0.6) is 0 Å². The fourth-order valence-electron chi connectivity index (χ4n) is 1.81. The van der Waals surface area contributed by atoms with E-state index in [0.29, 0.717) is 5.52 Å². The number of aromatic nitrogens is 1. The molecule has 20 heavy (non-hydrogen) atoms. The molecule has 2 aromatic rings. The fraction of sp³-hybridized carbons (Fsp3) is 0.231. The minimum atomic E-state index is -3.86. The molecule has 0 aliphatic rings. The molecule has 1 aromatic heterocycles. The van der Waals surface area contributed by atoms with Crippen molar-refractivity contribution in [2.75, 3.05) is 0 Å². The van der Waals surface area contributed by atoms with Crippen LogP contribution in [0.2, 0.25) is 0 Å². The lowest BCUT2D eigenvalue weighted by Gasteiger charge is -2.12. The van der Waals surface area contributed by atoms with E-state index in [1.807, 2.05) is 13.0 Å². The van der Waals surface area contributed by atoms with E-state index < -0.39 is 22.0 Å². The Morgan fingerprint density at radius 2 is 2.10 bits per heavy atom. The molecule has 106 valence electrons. The van der Waals surface area contributed by atoms with E-state index in [1.54, 1.807) is 18.3 Å². The van der Waals surface area contributed by atoms with E-state index in [1.165, 1.54) is 13.0 Å². The maximum Gasteiger partial charge on any atom is 0.243 e. The van der Waals surface area contributed by atoms with Gasteiger partial charge in [-0.05, 0) is 31.5 Å². The van der Waals surface area contributed by atoms with Gasteiger partial charge in [0, 0.05) is 11.6 Å². The van der Waals surface area contributed by atoms with Crippen LogP contribution in [-0.2, 0) is 14.8 Å². The molecule has 0 saturated carbocycles. The number of nitrogens with zero attached hydrogens (tertiary/aromatic N) is 1. The molecule has 1 heterocycles. The van der Waals surface area contributed by atoms with Gasteiger partial charge in [0.2, 0.25) is 15.9 Å². The summed E-state index contributed by atoms with van der Waals surface area (Å²) in [5.41, 5.74) is 6.37. The van der Waals surface area contributed by atoms with Crippen molar-refractivity contribution in [1.82, 2.24) is 9.71 Å². The molecule has 1 aromatic carbocycles. The lowest BCUT2D eigenvalue weighted by Crippen LogP contribution is -2.42. The van der Waals surface area contributed by atoms with Gasteiger partial charge in [-0.2, -0.15) is 4.72 Å². The van der Waals surface area contributed by atoms with Gasteiger partial charge in [0.25, 0.3) is 0 Å². The number of nitrogens with one attached hydrogen (secondary N) is 1. The third kappa shape index (κ3) is 2.78. The van der Waals surface area contributed by atoms with Crippen molar-refractivity contribution in [3.63, 3.8) is 0 Å². The maximum atomic E-state index is 12.3. The maximum absolute atomic E-state index is 12.3. The molecule has 1 unspecified atom stereocenters. The number of nitrogens with two attached hydrogens (primary N) is 1. The van der Waals surface area contributed by atoms with Crippen molar-refractivity contribution in [2.45, 2.75) is 24.8 Å². The second-order valence-corrected chi connectivity index (χ2v) is 6.27. The fourth-order valence-corrected chi connectivity index (χ4v) is 3.21. The minimum absolute atomic E-state index is 0.0306. The zero-order valence-corrected chi connectivity index (χ0v) is 11.9. The first-order chi connectivity index (χ1) is 9.31. The van der Waals surface area contributed by atoms with Gasteiger partial charge in [0.1, 0.15) is 4.90 Å². The van der Waals surface area contributed by atoms with Crippen molar-refractivity contribution < 1.29 is 13.2 Å². The second kappa shape index (κ2) is 5.18. The summed E-state index contributed by atoms with van der Waals surface area (Å²) in [5.74, 6) is -0.738. The smallest absolute Gasteiger partial charge is 0.243 e. The molecular formula is C13H15N3O3S. The average molecular weight is 293 g/mol. The molecular weight excluding hydrogens is 278 g/mol. The highest BCUT2D eigenvalue weighted by molar-refractivity contribution is 7.89. The number of hydrogen-bond acceptors (Lipinski definition) is 4. The average Bonchev–Trinajstić information content (AvgIpc) is 2.36. The molecule has 0 spiro atoms. The number of amides is 1. The first-order valence-corrected chi connectivity index (χ1v) is 7.46. The van der Waals surface area contributed by atoms with Crippen molar-refractivity contribution in [3.8, 4) is 0 Å². The highest BCUT2D eigenvalue weighted by Crippen LogP contribution is 2.21. The highest BCUT2D eigenvalue weighted by Gasteiger charge is 2.22. The Morgan fingerprint density at radius 3 is 2.75 bits per heavy atom. The van der Waals surface area contributed by atoms with E-state index in [9.17, 15) is 13.2 Å². The summed E-state index contributed by atoms with van der Waals surface area (Å²) < 4.78 is 26.8. The summed E-state index contributed by atoms with van der Waals surface area (Å²) in [7, 11) is -3.86. The van der Waals surface area contributed by atoms with Gasteiger partial charge in [-0.25, -0.2) is 8.42 Å². The van der Waals surface area contributed by atoms with Crippen LogP contribution in [0, 0.1) is 6.92 Å². The van der Waals surface area contributed by atoms with Gasteiger partial charge >= 0.3 is 0 Å². The summed E-state index contributed by atoms with van der Waals surface area (Å²) in [5, 5.41) is 0.722. The second-order valence-electron chi connectivity index (χ2n) is 4.59. The van der Waals surface area contributed by atoms with Crippen LogP contribution >= 0.6 is 0 Å². The van der Waals surface area contributed by atoms with Gasteiger partial charge in [-0.1, -0.05) is 12.1 Å². The number of hydrogen-bond donors (Lipinski definition) is 2. The number of carbonyl (C=O) groups is 1. The van der Waals surface area contributed by atoms with Crippen molar-refractivity contribution in [1.29, 1.82) is 0 Å². The summed E-state index contributed by atoms with van der Waals surface area (Å²) in [6, 6.07) is 5.72. The van der Waals surface area contributed by atoms with Gasteiger partial charge in [0.15, 0.2) is 0 Å². The molecule has 1 atom stereocenters. The van der Waals surface area contributed by atoms with Crippen molar-refractivity contribution in [3.05, 3.63) is 36.0 Å². The predicted molar refractivity (Wildman–Crippen MR) is 75.5 cm³/mol. The quantitative estimate of drug-likeness (QED) is 0.866. The van der Waals surface area contributed by atoms with Gasteiger partial charge < -0.3 is 5.73 Å². The zero-order valence-electron chi connectivity index (χ0n) is 11.1. The van der Waals surface area contributed by atoms with E-state index in [-0.39, 0.29) is 4.90 Å². The molecule has 1 amide bonds. The summed E-state index contributed by atoms with van der Waals surface area (Å²) in [6.07, 6.45) is 1.60. The molecule has 0 aliphatic heterocycles. The Hall–Kier alpha value is -1.99. The number of rotatable bonds is 4. The molecule has 0 fully saturated rings. The number of carbonyl (C=O) groups excluding carboxylic acids is 1. The Kier molecular flexibility index (Phi) is 3.74. The van der Waals surface area contributed by atoms with E-state index in [2.05, 4.69) is 9.71 Å². The molecule has 3 N–H and O–H groups in total. The molecule has 0 aliphatic carbocycles. The van der Waals surface area contributed by atoms with Crippen molar-refractivity contribution in [2.24, 2.45) is 5.73 Å². The number of fused-ring (bicyclic) bond motifs is 1. The van der Waals surface area contributed by atoms with E-state index in [4.69, 9.17) is 5.73 Å². The third-order valence-corrected chi connectivity index (χ3v) is 4.43. The Bertz CT molecular complexity index is 772. The standard InChI is InChI=1S/C13H15N3O3S/c1-8-6-10-4-3-5-11(12(10)15-7-8)20(18,19)16-9(2)13(14)17/h3-7,9,16H,1-2H3,(H2,14,17). The van der Waals surface area contributed by atoms with Crippen LogP contribution in [0.15, 0.2) is 35.4 Å². The van der Waals surface area contributed by atoms with Gasteiger partial charge in [-0.15, -0.1) is 0 Å². The molecule has 6 nitrogen and oxygen atoms in total. The number of pyridine rings is 1. The SMILES string of the molecule is Cc1cnc2c(S(=O)(=O)NC(C)C(N)=O)cccc2c1. The van der Waals surface area contributed by atoms with Crippen LogP contribution < -0.4 is 10.5 Å². The van der Waals surface area contributed by atoms with Crippen LogP contribution in [0.4, 0.5) is 0 Å². The van der Waals surface area contributed by atoms with E-state index in [0.717, 1.165) is 10.9 Å². The molecule has 2 rings (SSSR count). The Morgan fingerprint density at radius 1 is 1.40 bits per heavy atom. The molecule has 0 radical (unpaired) electrons. The lowest BCUT2D eigenvalue weighted by atomic mass is 10.2. The first kappa shape index (κ1) is 14.4. The largest absolute Gasteiger partial charge is 0.368 e. The number of benzene rings is 1. The van der Waals surface area contributed by atoms with Crippen LogP contribution in [0.1, 0.15) is 12.5 Å². The van der Waals surface area contributed by atoms with E-state index >= 15 is 0 Å². The highest BCUT2D eigenvalue weighted by atomic mass is 32.2. The number of aryl methyl sites for hydroxylation is 1. The summed E-state index contributed by atoms with van der Waals surface area (Å²) in [4.78, 5) is 15.2. The number of sulfonamides is 1. The Balaban J connectivity index is 2.55. The summed E-state index contributed by atoms with van der Waals surface area (Å²) >= 11 is 0. The Labute approximate surface area is 117 Å². The number of primary amides is 1. The normalized spacial score (nSPS) is 13.3. The summed E-state index contributed by atoms with van der Waals surface area (Å²) in [6.45, 7) is 3.27. The zero-order chi connectivity index (χ0) is 14.9. The van der Waals surface area contributed by atoms with Gasteiger partial charge in [-0.3, -0.25) is 9.78 Å². The third-order valence-electron chi connectivity index (χ3n) is 2.86. The monoisotopic (exact) mass is 293 g/mol. The molecule has 0 bridgehead atoms. The van der Waals surface area contributed by atoms with Gasteiger partial charge in [0.05, 0.1) is 11.6 Å². The lowest BCUT2D eigenvalue weighted by molar-refractivity contribution is -0.119. The van der Waals surface area contributed by atoms with Crippen LogP contribution in [0.3, 0.4) is 0 Å². The van der Waals surface area contributed by atoms with Crippen molar-refractivity contribution >= 4 is 26.8 Å². The van der Waals surface area contributed by atoms with Crippen LogP contribution in [-0.4, -0.2) is 25.4 Å². The predicted octanol–water partition coefficient (Wildman–Crippen LogP) is 0.695. The molecule has 0 saturated heterocycles. The minimum Gasteiger partial charge on any atom is -0.368 e.